The van der Waals surface area contributed by atoms with Crippen LogP contribution in [0.4, 0.5) is 8.78 Å². The van der Waals surface area contributed by atoms with Crippen molar-refractivity contribution in [2.45, 2.75) is 26.4 Å². The summed E-state index contributed by atoms with van der Waals surface area (Å²) in [5.41, 5.74) is -0.744. The van der Waals surface area contributed by atoms with E-state index in [4.69, 9.17) is 9.47 Å². The number of cyclic esters (lactones) is 1. The second-order valence-corrected chi connectivity index (χ2v) is 5.38. The van der Waals surface area contributed by atoms with Gasteiger partial charge in [0.1, 0.15) is 18.2 Å². The SMILES string of the molecule is CC1(C)COC(=O)[C@@H]1OC(=O)Cc1cc(F)ccc1F. The van der Waals surface area contributed by atoms with Gasteiger partial charge in [0.25, 0.3) is 0 Å². The number of ether oxygens (including phenoxy) is 2. The highest BCUT2D eigenvalue weighted by molar-refractivity contribution is 5.82. The lowest BCUT2D eigenvalue weighted by molar-refractivity contribution is -0.162. The van der Waals surface area contributed by atoms with Gasteiger partial charge < -0.3 is 9.47 Å². The second-order valence-electron chi connectivity index (χ2n) is 5.38. The fourth-order valence-corrected chi connectivity index (χ4v) is 1.94. The fourth-order valence-electron chi connectivity index (χ4n) is 1.94. The van der Waals surface area contributed by atoms with E-state index >= 15 is 0 Å². The molecule has 1 heterocycles. The average molecular weight is 284 g/mol. The van der Waals surface area contributed by atoms with Crippen LogP contribution in [0.5, 0.6) is 0 Å². The normalized spacial score (nSPS) is 20.6. The van der Waals surface area contributed by atoms with E-state index in [1.54, 1.807) is 13.8 Å². The topological polar surface area (TPSA) is 52.6 Å². The van der Waals surface area contributed by atoms with Gasteiger partial charge in [0.15, 0.2) is 0 Å². The zero-order valence-corrected chi connectivity index (χ0v) is 11.1. The minimum atomic E-state index is -1.02. The number of halogens is 2. The van der Waals surface area contributed by atoms with Crippen molar-refractivity contribution in [2.24, 2.45) is 5.41 Å². The van der Waals surface area contributed by atoms with Gasteiger partial charge in [0, 0.05) is 11.0 Å². The molecule has 0 aliphatic carbocycles. The summed E-state index contributed by atoms with van der Waals surface area (Å²) < 4.78 is 36.3. The van der Waals surface area contributed by atoms with Crippen LogP contribution in [0.3, 0.4) is 0 Å². The van der Waals surface area contributed by atoms with Gasteiger partial charge >= 0.3 is 11.9 Å². The van der Waals surface area contributed by atoms with E-state index in [0.29, 0.717) is 0 Å². The Bertz CT molecular complexity index is 554. The van der Waals surface area contributed by atoms with Gasteiger partial charge in [-0.2, -0.15) is 0 Å². The van der Waals surface area contributed by atoms with Crippen molar-refractivity contribution in [2.75, 3.05) is 6.61 Å². The van der Waals surface area contributed by atoms with Crippen LogP contribution in [0, 0.1) is 17.0 Å². The third-order valence-corrected chi connectivity index (χ3v) is 3.10. The van der Waals surface area contributed by atoms with E-state index in [1.807, 2.05) is 0 Å². The van der Waals surface area contributed by atoms with E-state index < -0.39 is 41.5 Å². The molecule has 0 saturated carbocycles. The molecule has 1 aliphatic rings. The lowest BCUT2D eigenvalue weighted by Crippen LogP contribution is -2.35. The second kappa shape index (κ2) is 5.19. The summed E-state index contributed by atoms with van der Waals surface area (Å²) in [6.07, 6.45) is -1.46. The molecule has 0 amide bonds. The number of esters is 2. The van der Waals surface area contributed by atoms with Gasteiger partial charge in [-0.05, 0) is 18.2 Å². The summed E-state index contributed by atoms with van der Waals surface area (Å²) in [6.45, 7) is 3.59. The zero-order valence-electron chi connectivity index (χ0n) is 11.1. The average Bonchev–Trinajstić information content (AvgIpc) is 2.61. The maximum atomic E-state index is 13.4. The Morgan fingerprint density at radius 2 is 2.15 bits per heavy atom. The third-order valence-electron chi connectivity index (χ3n) is 3.10. The van der Waals surface area contributed by atoms with Gasteiger partial charge in [-0.1, -0.05) is 13.8 Å². The van der Waals surface area contributed by atoms with E-state index in [-0.39, 0.29) is 12.2 Å². The molecule has 0 bridgehead atoms. The van der Waals surface area contributed by atoms with E-state index in [9.17, 15) is 18.4 Å². The lowest BCUT2D eigenvalue weighted by atomic mass is 9.90. The van der Waals surface area contributed by atoms with E-state index in [1.165, 1.54) is 0 Å². The van der Waals surface area contributed by atoms with Crippen LogP contribution in [0.2, 0.25) is 0 Å². The smallest absolute Gasteiger partial charge is 0.348 e. The first-order valence-corrected chi connectivity index (χ1v) is 6.09. The molecule has 1 aromatic carbocycles. The van der Waals surface area contributed by atoms with Crippen LogP contribution in [0.15, 0.2) is 18.2 Å². The van der Waals surface area contributed by atoms with Gasteiger partial charge in [-0.25, -0.2) is 13.6 Å². The van der Waals surface area contributed by atoms with Crippen LogP contribution >= 0.6 is 0 Å². The lowest BCUT2D eigenvalue weighted by Gasteiger charge is -2.21. The van der Waals surface area contributed by atoms with Crippen molar-refractivity contribution in [3.63, 3.8) is 0 Å². The molecular formula is C14H14F2O4. The summed E-state index contributed by atoms with van der Waals surface area (Å²) in [6, 6.07) is 2.82. The number of rotatable bonds is 3. The Kier molecular flexibility index (Phi) is 3.74. The first kappa shape index (κ1) is 14.4. The highest BCUT2D eigenvalue weighted by atomic mass is 19.1. The molecule has 1 aliphatic heterocycles. The summed E-state index contributed by atoms with van der Waals surface area (Å²) in [7, 11) is 0. The zero-order chi connectivity index (χ0) is 14.9. The van der Waals surface area contributed by atoms with Crippen LogP contribution in [-0.2, 0) is 25.5 Å². The van der Waals surface area contributed by atoms with Crippen LogP contribution < -0.4 is 0 Å². The quantitative estimate of drug-likeness (QED) is 0.797. The van der Waals surface area contributed by atoms with E-state index in [0.717, 1.165) is 18.2 Å². The van der Waals surface area contributed by atoms with Gasteiger partial charge in [-0.15, -0.1) is 0 Å². The fraction of sp³-hybridized carbons (Fsp3) is 0.429. The molecule has 2 rings (SSSR count). The Morgan fingerprint density at radius 1 is 1.45 bits per heavy atom. The highest BCUT2D eigenvalue weighted by Crippen LogP contribution is 2.31. The monoisotopic (exact) mass is 284 g/mol. The first-order chi connectivity index (χ1) is 9.29. The molecule has 0 spiro atoms. The predicted octanol–water partition coefficient (Wildman–Crippen LogP) is 2.00. The number of carbonyl (C=O) groups is 2. The van der Waals surface area contributed by atoms with Crippen LogP contribution in [0.1, 0.15) is 19.4 Å². The van der Waals surface area contributed by atoms with Gasteiger partial charge in [0.2, 0.25) is 6.10 Å². The van der Waals surface area contributed by atoms with Crippen molar-refractivity contribution in [1.82, 2.24) is 0 Å². The predicted molar refractivity (Wildman–Crippen MR) is 64.7 cm³/mol. The summed E-state index contributed by atoms with van der Waals surface area (Å²) >= 11 is 0. The Hall–Kier alpha value is -1.98. The number of hydrogen-bond acceptors (Lipinski definition) is 4. The largest absolute Gasteiger partial charge is 0.462 e. The molecule has 4 nitrogen and oxygen atoms in total. The summed E-state index contributed by atoms with van der Waals surface area (Å²) in [5, 5.41) is 0. The maximum Gasteiger partial charge on any atom is 0.348 e. The standard InChI is InChI=1S/C14H14F2O4/c1-14(2)7-19-13(18)12(14)20-11(17)6-8-5-9(15)3-4-10(8)16/h3-5,12H,6-7H2,1-2H3/t12-/m0/s1. The Morgan fingerprint density at radius 3 is 2.75 bits per heavy atom. The van der Waals surface area contributed by atoms with Gasteiger partial charge in [-0.3, -0.25) is 4.79 Å². The minimum absolute atomic E-state index is 0.112. The molecule has 108 valence electrons. The van der Waals surface area contributed by atoms with Crippen molar-refractivity contribution in [1.29, 1.82) is 0 Å². The minimum Gasteiger partial charge on any atom is -0.462 e. The molecule has 0 N–H and O–H groups in total. The van der Waals surface area contributed by atoms with Crippen molar-refractivity contribution < 1.29 is 27.8 Å². The van der Waals surface area contributed by atoms with Gasteiger partial charge in [0.05, 0.1) is 6.42 Å². The molecule has 1 aromatic rings. The highest BCUT2D eigenvalue weighted by Gasteiger charge is 2.46. The summed E-state index contributed by atoms with van der Waals surface area (Å²) in [5.74, 6) is -2.76. The Labute approximate surface area is 114 Å². The maximum absolute atomic E-state index is 13.4. The van der Waals surface area contributed by atoms with Crippen molar-refractivity contribution >= 4 is 11.9 Å². The summed E-state index contributed by atoms with van der Waals surface area (Å²) in [4.78, 5) is 23.2. The number of hydrogen-bond donors (Lipinski definition) is 0. The molecule has 1 fully saturated rings. The molecular weight excluding hydrogens is 270 g/mol. The molecule has 0 aromatic heterocycles. The molecule has 1 atom stereocenters. The molecule has 1 saturated heterocycles. The van der Waals surface area contributed by atoms with Crippen LogP contribution in [0.25, 0.3) is 0 Å². The van der Waals surface area contributed by atoms with Crippen LogP contribution in [-0.4, -0.2) is 24.6 Å². The number of carbonyl (C=O) groups excluding carboxylic acids is 2. The molecule has 0 radical (unpaired) electrons. The molecule has 20 heavy (non-hydrogen) atoms. The van der Waals surface area contributed by atoms with Crippen molar-refractivity contribution in [3.05, 3.63) is 35.4 Å². The molecule has 6 heteroatoms. The Balaban J connectivity index is 2.06. The number of benzene rings is 1. The van der Waals surface area contributed by atoms with E-state index in [2.05, 4.69) is 0 Å². The third kappa shape index (κ3) is 2.95. The van der Waals surface area contributed by atoms with Crippen molar-refractivity contribution in [3.8, 4) is 0 Å². The molecule has 0 unspecified atom stereocenters. The first-order valence-electron chi connectivity index (χ1n) is 6.09.